The second-order valence-electron chi connectivity index (χ2n) is 4.46. The minimum absolute atomic E-state index is 0.129. The van der Waals surface area contributed by atoms with Crippen LogP contribution in [0.4, 0.5) is 4.79 Å². The van der Waals surface area contributed by atoms with Crippen LogP contribution in [0.25, 0.3) is 0 Å². The number of rotatable bonds is 3. The molecule has 2 heterocycles. The molecule has 1 unspecified atom stereocenters. The van der Waals surface area contributed by atoms with Crippen molar-refractivity contribution >= 4 is 6.03 Å². The van der Waals surface area contributed by atoms with Gasteiger partial charge >= 0.3 is 6.03 Å². The van der Waals surface area contributed by atoms with Crippen LogP contribution in [0.5, 0.6) is 0 Å². The van der Waals surface area contributed by atoms with Crippen molar-refractivity contribution in [3.63, 3.8) is 0 Å². The van der Waals surface area contributed by atoms with E-state index in [0.29, 0.717) is 6.04 Å². The molecule has 2 saturated heterocycles. The van der Waals surface area contributed by atoms with E-state index in [9.17, 15) is 4.79 Å². The second-order valence-corrected chi connectivity index (χ2v) is 4.46. The lowest BCUT2D eigenvalue weighted by molar-refractivity contribution is 0.158. The average Bonchev–Trinajstić information content (AvgIpc) is 2.69. The number of hydrogen-bond donors (Lipinski definition) is 1. The van der Waals surface area contributed by atoms with Crippen LogP contribution in [0, 0.1) is 0 Å². The number of likely N-dealkylation sites (N-methyl/N-ethyl adjacent to an activating group) is 1. The van der Waals surface area contributed by atoms with Crippen molar-refractivity contribution in [1.82, 2.24) is 15.1 Å². The molecule has 0 radical (unpaired) electrons. The topological polar surface area (TPSA) is 35.6 Å². The maximum absolute atomic E-state index is 11.6. The minimum atomic E-state index is 0.129. The summed E-state index contributed by atoms with van der Waals surface area (Å²) >= 11 is 0. The quantitative estimate of drug-likeness (QED) is 0.752. The van der Waals surface area contributed by atoms with E-state index in [1.807, 2.05) is 4.90 Å². The zero-order valence-electron chi connectivity index (χ0n) is 9.54. The Kier molecular flexibility index (Phi) is 3.46. The first-order chi connectivity index (χ1) is 7.31. The van der Waals surface area contributed by atoms with Crippen molar-refractivity contribution in [3.05, 3.63) is 0 Å². The van der Waals surface area contributed by atoms with Crippen LogP contribution in [0.2, 0.25) is 0 Å². The SMILES string of the molecule is CCN1CCCC1CN1CCCNC1=O. The van der Waals surface area contributed by atoms with Gasteiger partial charge in [0.25, 0.3) is 0 Å². The number of amides is 2. The molecule has 4 heteroatoms. The van der Waals surface area contributed by atoms with E-state index in [0.717, 1.165) is 32.6 Å². The fourth-order valence-corrected chi connectivity index (χ4v) is 2.63. The molecule has 15 heavy (non-hydrogen) atoms. The smallest absolute Gasteiger partial charge is 0.317 e. The third-order valence-corrected chi connectivity index (χ3v) is 3.50. The van der Waals surface area contributed by atoms with Gasteiger partial charge in [-0.25, -0.2) is 4.79 Å². The Morgan fingerprint density at radius 3 is 3.00 bits per heavy atom. The Hall–Kier alpha value is -0.770. The summed E-state index contributed by atoms with van der Waals surface area (Å²) in [6.07, 6.45) is 3.62. The lowest BCUT2D eigenvalue weighted by Gasteiger charge is -2.32. The fourth-order valence-electron chi connectivity index (χ4n) is 2.63. The van der Waals surface area contributed by atoms with Crippen LogP contribution in [0.15, 0.2) is 0 Å². The van der Waals surface area contributed by atoms with Crippen molar-refractivity contribution in [2.24, 2.45) is 0 Å². The molecule has 0 bridgehead atoms. The Labute approximate surface area is 91.6 Å². The van der Waals surface area contributed by atoms with E-state index in [1.165, 1.54) is 19.4 Å². The highest BCUT2D eigenvalue weighted by atomic mass is 16.2. The fraction of sp³-hybridized carbons (Fsp3) is 0.909. The lowest BCUT2D eigenvalue weighted by Crippen LogP contribution is -2.51. The number of likely N-dealkylation sites (tertiary alicyclic amines) is 1. The Bertz CT molecular complexity index is 232. The van der Waals surface area contributed by atoms with Gasteiger partial charge in [-0.1, -0.05) is 6.92 Å². The Morgan fingerprint density at radius 2 is 2.27 bits per heavy atom. The summed E-state index contributed by atoms with van der Waals surface area (Å²) in [6.45, 7) is 7.21. The van der Waals surface area contributed by atoms with E-state index in [1.54, 1.807) is 0 Å². The van der Waals surface area contributed by atoms with Gasteiger partial charge in [0.2, 0.25) is 0 Å². The number of hydrogen-bond acceptors (Lipinski definition) is 2. The molecule has 1 N–H and O–H groups in total. The minimum Gasteiger partial charge on any atom is -0.338 e. The summed E-state index contributed by atoms with van der Waals surface area (Å²) in [5.41, 5.74) is 0. The number of carbonyl (C=O) groups is 1. The molecular formula is C11H21N3O. The van der Waals surface area contributed by atoms with Crippen molar-refractivity contribution in [2.75, 3.05) is 32.7 Å². The molecule has 0 aromatic rings. The zero-order valence-corrected chi connectivity index (χ0v) is 9.54. The van der Waals surface area contributed by atoms with Gasteiger partial charge in [0.15, 0.2) is 0 Å². The molecule has 2 rings (SSSR count). The Morgan fingerprint density at radius 1 is 1.40 bits per heavy atom. The van der Waals surface area contributed by atoms with E-state index in [4.69, 9.17) is 0 Å². The molecule has 2 fully saturated rings. The van der Waals surface area contributed by atoms with Gasteiger partial charge in [-0.05, 0) is 32.4 Å². The van der Waals surface area contributed by atoms with E-state index in [2.05, 4.69) is 17.1 Å². The summed E-state index contributed by atoms with van der Waals surface area (Å²) in [5.74, 6) is 0. The average molecular weight is 211 g/mol. The number of nitrogens with zero attached hydrogens (tertiary/aromatic N) is 2. The molecule has 1 atom stereocenters. The van der Waals surface area contributed by atoms with Crippen LogP contribution in [-0.2, 0) is 0 Å². The maximum atomic E-state index is 11.6. The third-order valence-electron chi connectivity index (χ3n) is 3.50. The highest BCUT2D eigenvalue weighted by Gasteiger charge is 2.27. The predicted molar refractivity (Wildman–Crippen MR) is 59.9 cm³/mol. The standard InChI is InChI=1S/C11H21N3O/c1-2-13-7-3-5-10(13)9-14-8-4-6-12-11(14)15/h10H,2-9H2,1H3,(H,12,15). The normalized spacial score (nSPS) is 28.2. The Balaban J connectivity index is 1.86. The summed E-state index contributed by atoms with van der Waals surface area (Å²) < 4.78 is 0. The first-order valence-electron chi connectivity index (χ1n) is 6.08. The van der Waals surface area contributed by atoms with Crippen LogP contribution in [0.3, 0.4) is 0 Å². The molecule has 0 spiro atoms. The number of carbonyl (C=O) groups excluding carboxylic acids is 1. The molecule has 86 valence electrons. The van der Waals surface area contributed by atoms with E-state index >= 15 is 0 Å². The molecule has 0 aromatic heterocycles. The molecule has 2 amide bonds. The van der Waals surface area contributed by atoms with Crippen molar-refractivity contribution in [2.45, 2.75) is 32.2 Å². The molecular weight excluding hydrogens is 190 g/mol. The highest BCUT2D eigenvalue weighted by molar-refractivity contribution is 5.74. The summed E-state index contributed by atoms with van der Waals surface area (Å²) in [4.78, 5) is 16.0. The molecule has 2 aliphatic rings. The zero-order chi connectivity index (χ0) is 10.7. The first kappa shape index (κ1) is 10.7. The summed E-state index contributed by atoms with van der Waals surface area (Å²) in [6, 6.07) is 0.725. The highest BCUT2D eigenvalue weighted by Crippen LogP contribution is 2.18. The first-order valence-corrected chi connectivity index (χ1v) is 6.08. The van der Waals surface area contributed by atoms with Gasteiger partial charge in [0, 0.05) is 25.7 Å². The summed E-state index contributed by atoms with van der Waals surface area (Å²) in [7, 11) is 0. The third kappa shape index (κ3) is 2.43. The predicted octanol–water partition coefficient (Wildman–Crippen LogP) is 0.886. The van der Waals surface area contributed by atoms with Crippen LogP contribution in [-0.4, -0.2) is 54.6 Å². The maximum Gasteiger partial charge on any atom is 0.317 e. The van der Waals surface area contributed by atoms with Crippen LogP contribution < -0.4 is 5.32 Å². The van der Waals surface area contributed by atoms with Crippen molar-refractivity contribution < 1.29 is 4.79 Å². The van der Waals surface area contributed by atoms with Gasteiger partial charge in [0.05, 0.1) is 0 Å². The molecule has 2 aliphatic heterocycles. The molecule has 0 aliphatic carbocycles. The number of nitrogens with one attached hydrogen (secondary N) is 1. The van der Waals surface area contributed by atoms with Crippen LogP contribution in [0.1, 0.15) is 26.2 Å². The van der Waals surface area contributed by atoms with E-state index < -0.39 is 0 Å². The van der Waals surface area contributed by atoms with Gasteiger partial charge < -0.3 is 10.2 Å². The van der Waals surface area contributed by atoms with Crippen molar-refractivity contribution in [1.29, 1.82) is 0 Å². The molecule has 0 aromatic carbocycles. The van der Waals surface area contributed by atoms with Gasteiger partial charge in [-0.3, -0.25) is 4.90 Å². The summed E-state index contributed by atoms with van der Waals surface area (Å²) in [5, 5.41) is 2.91. The molecule has 4 nitrogen and oxygen atoms in total. The van der Waals surface area contributed by atoms with E-state index in [-0.39, 0.29) is 6.03 Å². The second kappa shape index (κ2) is 4.84. The van der Waals surface area contributed by atoms with Crippen molar-refractivity contribution in [3.8, 4) is 0 Å². The monoisotopic (exact) mass is 211 g/mol. The van der Waals surface area contributed by atoms with Gasteiger partial charge in [-0.15, -0.1) is 0 Å². The van der Waals surface area contributed by atoms with Crippen LogP contribution >= 0.6 is 0 Å². The lowest BCUT2D eigenvalue weighted by atomic mass is 10.2. The van der Waals surface area contributed by atoms with Gasteiger partial charge in [0.1, 0.15) is 0 Å². The van der Waals surface area contributed by atoms with Gasteiger partial charge in [-0.2, -0.15) is 0 Å². The largest absolute Gasteiger partial charge is 0.338 e. The molecule has 0 saturated carbocycles. The number of urea groups is 1.